The molecule has 0 aliphatic carbocycles. The first-order valence-electron chi connectivity index (χ1n) is 5.86. The molecule has 4 heteroatoms. The van der Waals surface area contributed by atoms with Crippen molar-refractivity contribution in [2.75, 3.05) is 11.4 Å². The number of benzene rings is 1. The molecule has 0 amide bonds. The van der Waals surface area contributed by atoms with E-state index in [2.05, 4.69) is 0 Å². The van der Waals surface area contributed by atoms with Crippen molar-refractivity contribution in [3.63, 3.8) is 0 Å². The molecule has 0 atom stereocenters. The van der Waals surface area contributed by atoms with E-state index in [0.717, 1.165) is 6.42 Å². The molecule has 0 heterocycles. The summed E-state index contributed by atoms with van der Waals surface area (Å²) in [6, 6.07) is 2.39. The van der Waals surface area contributed by atoms with Crippen LogP contribution in [0.25, 0.3) is 0 Å². The Labute approximate surface area is 101 Å². The Balaban J connectivity index is 3.19. The van der Waals surface area contributed by atoms with Gasteiger partial charge in [0.25, 0.3) is 0 Å². The molecule has 0 saturated heterocycles. The van der Waals surface area contributed by atoms with Gasteiger partial charge < -0.3 is 10.0 Å². The normalized spacial score (nSPS) is 11.0. The van der Waals surface area contributed by atoms with Crippen molar-refractivity contribution in [3.05, 3.63) is 29.3 Å². The second-order valence-corrected chi connectivity index (χ2v) is 4.35. The Morgan fingerprint density at radius 2 is 1.76 bits per heavy atom. The predicted molar refractivity (Wildman–Crippen MR) is 65.1 cm³/mol. The SMILES string of the molecule is CCCN(c1c(F)cc(CO)cc1F)C(C)C. The molecule has 1 aromatic rings. The lowest BCUT2D eigenvalue weighted by atomic mass is 10.1. The Hall–Kier alpha value is -1.16. The average molecular weight is 243 g/mol. The van der Waals surface area contributed by atoms with Gasteiger partial charge in [0.05, 0.1) is 6.61 Å². The lowest BCUT2D eigenvalue weighted by Crippen LogP contribution is -2.33. The number of hydrogen-bond donors (Lipinski definition) is 1. The van der Waals surface area contributed by atoms with E-state index in [-0.39, 0.29) is 23.9 Å². The van der Waals surface area contributed by atoms with E-state index in [9.17, 15) is 8.78 Å². The molecule has 17 heavy (non-hydrogen) atoms. The molecule has 1 rings (SSSR count). The van der Waals surface area contributed by atoms with E-state index in [1.165, 1.54) is 12.1 Å². The summed E-state index contributed by atoms with van der Waals surface area (Å²) >= 11 is 0. The monoisotopic (exact) mass is 243 g/mol. The fraction of sp³-hybridized carbons (Fsp3) is 0.538. The van der Waals surface area contributed by atoms with Crippen molar-refractivity contribution < 1.29 is 13.9 Å². The van der Waals surface area contributed by atoms with Gasteiger partial charge in [-0.25, -0.2) is 8.78 Å². The minimum atomic E-state index is -0.615. The van der Waals surface area contributed by atoms with Gasteiger partial charge in [-0.1, -0.05) is 6.92 Å². The first-order valence-corrected chi connectivity index (χ1v) is 5.86. The van der Waals surface area contributed by atoms with Gasteiger partial charge >= 0.3 is 0 Å². The smallest absolute Gasteiger partial charge is 0.149 e. The summed E-state index contributed by atoms with van der Waals surface area (Å²) in [4.78, 5) is 1.70. The van der Waals surface area contributed by atoms with Crippen molar-refractivity contribution in [3.8, 4) is 0 Å². The van der Waals surface area contributed by atoms with Gasteiger partial charge in [-0.05, 0) is 38.0 Å². The standard InChI is InChI=1S/C13H19F2NO/c1-4-5-16(9(2)3)13-11(14)6-10(8-17)7-12(13)15/h6-7,9,17H,4-5,8H2,1-3H3. The summed E-state index contributed by atoms with van der Waals surface area (Å²) in [7, 11) is 0. The zero-order valence-electron chi connectivity index (χ0n) is 10.5. The minimum absolute atomic E-state index is 0.000880. The largest absolute Gasteiger partial charge is 0.392 e. The molecule has 96 valence electrons. The Morgan fingerprint density at radius 3 is 2.12 bits per heavy atom. The highest BCUT2D eigenvalue weighted by atomic mass is 19.1. The number of aliphatic hydroxyl groups excluding tert-OH is 1. The molecule has 0 saturated carbocycles. The van der Waals surface area contributed by atoms with Crippen molar-refractivity contribution in [2.24, 2.45) is 0 Å². The molecule has 0 radical (unpaired) electrons. The van der Waals surface area contributed by atoms with Crippen LogP contribution in [-0.2, 0) is 6.61 Å². The number of anilines is 1. The fourth-order valence-electron chi connectivity index (χ4n) is 1.85. The van der Waals surface area contributed by atoms with E-state index < -0.39 is 11.6 Å². The van der Waals surface area contributed by atoms with Crippen molar-refractivity contribution in [1.82, 2.24) is 0 Å². The fourth-order valence-corrected chi connectivity index (χ4v) is 1.85. The molecule has 0 unspecified atom stereocenters. The molecule has 0 bridgehead atoms. The lowest BCUT2D eigenvalue weighted by Gasteiger charge is -2.29. The maximum atomic E-state index is 13.8. The van der Waals surface area contributed by atoms with Gasteiger partial charge in [-0.15, -0.1) is 0 Å². The minimum Gasteiger partial charge on any atom is -0.392 e. The second kappa shape index (κ2) is 5.96. The molecular weight excluding hydrogens is 224 g/mol. The molecular formula is C13H19F2NO. The van der Waals surface area contributed by atoms with Gasteiger partial charge in [-0.3, -0.25) is 0 Å². The summed E-state index contributed by atoms with van der Waals surface area (Å²) in [5.74, 6) is -1.23. The van der Waals surface area contributed by atoms with E-state index in [4.69, 9.17) is 5.11 Å². The van der Waals surface area contributed by atoms with Crippen molar-refractivity contribution in [1.29, 1.82) is 0 Å². The van der Waals surface area contributed by atoms with Crippen LogP contribution in [-0.4, -0.2) is 17.7 Å². The van der Waals surface area contributed by atoms with E-state index in [1.807, 2.05) is 20.8 Å². The lowest BCUT2D eigenvalue weighted by molar-refractivity contribution is 0.280. The molecule has 0 aliphatic rings. The molecule has 0 spiro atoms. The second-order valence-electron chi connectivity index (χ2n) is 4.35. The zero-order valence-corrected chi connectivity index (χ0v) is 10.5. The molecule has 0 aliphatic heterocycles. The number of aliphatic hydroxyl groups is 1. The van der Waals surface area contributed by atoms with Crippen LogP contribution in [0.3, 0.4) is 0 Å². The highest BCUT2D eigenvalue weighted by Crippen LogP contribution is 2.27. The Bertz CT molecular complexity index is 357. The van der Waals surface area contributed by atoms with Crippen LogP contribution >= 0.6 is 0 Å². The highest BCUT2D eigenvalue weighted by molar-refractivity contribution is 5.51. The average Bonchev–Trinajstić information content (AvgIpc) is 2.26. The van der Waals surface area contributed by atoms with Crippen LogP contribution in [0.4, 0.5) is 14.5 Å². The number of nitrogens with zero attached hydrogens (tertiary/aromatic N) is 1. The molecule has 1 N–H and O–H groups in total. The zero-order chi connectivity index (χ0) is 13.0. The van der Waals surface area contributed by atoms with Gasteiger partial charge in [0.2, 0.25) is 0 Å². The molecule has 0 aromatic heterocycles. The van der Waals surface area contributed by atoms with Crippen LogP contribution < -0.4 is 4.90 Å². The quantitative estimate of drug-likeness (QED) is 0.859. The van der Waals surface area contributed by atoms with Gasteiger partial charge in [0.15, 0.2) is 0 Å². The number of rotatable bonds is 5. The Kier molecular flexibility index (Phi) is 4.87. The van der Waals surface area contributed by atoms with Crippen LogP contribution in [0.5, 0.6) is 0 Å². The summed E-state index contributed by atoms with van der Waals surface area (Å²) in [5, 5.41) is 8.88. The third-order valence-electron chi connectivity index (χ3n) is 2.63. The highest BCUT2D eigenvalue weighted by Gasteiger charge is 2.19. The maximum Gasteiger partial charge on any atom is 0.149 e. The van der Waals surface area contributed by atoms with Crippen molar-refractivity contribution >= 4 is 5.69 Å². The predicted octanol–water partition coefficient (Wildman–Crippen LogP) is 3.08. The summed E-state index contributed by atoms with van der Waals surface area (Å²) in [5.41, 5.74) is 0.253. The van der Waals surface area contributed by atoms with Gasteiger partial charge in [0, 0.05) is 12.6 Å². The van der Waals surface area contributed by atoms with Crippen LogP contribution in [0.1, 0.15) is 32.8 Å². The summed E-state index contributed by atoms with van der Waals surface area (Å²) in [6.45, 7) is 6.00. The van der Waals surface area contributed by atoms with E-state index in [0.29, 0.717) is 6.54 Å². The maximum absolute atomic E-state index is 13.8. The first kappa shape index (κ1) is 13.9. The van der Waals surface area contributed by atoms with E-state index in [1.54, 1.807) is 4.90 Å². The first-order chi connectivity index (χ1) is 8.01. The van der Waals surface area contributed by atoms with E-state index >= 15 is 0 Å². The Morgan fingerprint density at radius 1 is 1.24 bits per heavy atom. The summed E-state index contributed by atoms with van der Waals surface area (Å²) in [6.07, 6.45) is 0.818. The third kappa shape index (κ3) is 3.16. The van der Waals surface area contributed by atoms with Crippen molar-refractivity contribution in [2.45, 2.75) is 39.8 Å². The molecule has 2 nitrogen and oxygen atoms in total. The third-order valence-corrected chi connectivity index (χ3v) is 2.63. The van der Waals surface area contributed by atoms with Gasteiger partial charge in [0.1, 0.15) is 17.3 Å². The topological polar surface area (TPSA) is 23.5 Å². The summed E-state index contributed by atoms with van der Waals surface area (Å²) < 4.78 is 27.7. The number of hydrogen-bond acceptors (Lipinski definition) is 2. The van der Waals surface area contributed by atoms with Crippen LogP contribution in [0.15, 0.2) is 12.1 Å². The number of halogens is 2. The van der Waals surface area contributed by atoms with Gasteiger partial charge in [-0.2, -0.15) is 0 Å². The molecule has 1 aromatic carbocycles. The molecule has 0 fully saturated rings. The van der Waals surface area contributed by atoms with Crippen LogP contribution in [0, 0.1) is 11.6 Å². The van der Waals surface area contributed by atoms with Crippen LogP contribution in [0.2, 0.25) is 0 Å².